The Bertz CT molecular complexity index is 6790. The fourth-order valence-corrected chi connectivity index (χ4v) is 23.4. The van der Waals surface area contributed by atoms with Crippen LogP contribution in [0.5, 0.6) is 0 Å². The number of rotatable bonds is 0. The summed E-state index contributed by atoms with van der Waals surface area (Å²) in [6.45, 7) is 0. The maximum atomic E-state index is 15.3. The van der Waals surface area contributed by atoms with Crippen LogP contribution in [0.25, 0.3) is 291 Å². The lowest BCUT2D eigenvalue weighted by Gasteiger charge is -2.46. The van der Waals surface area contributed by atoms with Crippen molar-refractivity contribution >= 4 is 291 Å². The quantitative estimate of drug-likeness (QED) is 0.156. The molecule has 4 aliphatic rings. The first kappa shape index (κ1) is 22.1. The Labute approximate surface area is 339 Å². The largest absolute Gasteiger partial charge is 0.378 e. The van der Waals surface area contributed by atoms with Gasteiger partial charge in [0.2, 0.25) is 0 Å². The molecule has 28 aromatic carbocycles. The zero-order valence-electron chi connectivity index (χ0n) is 31.4. The van der Waals surface area contributed by atoms with Crippen LogP contribution in [-0.4, -0.2) is 5.11 Å². The van der Waals surface area contributed by atoms with Crippen molar-refractivity contribution in [1.29, 1.82) is 5.26 Å². The van der Waals surface area contributed by atoms with Crippen molar-refractivity contribution in [3.05, 3.63) is 22.3 Å². The second kappa shape index (κ2) is 4.71. The summed E-state index contributed by atoms with van der Waals surface area (Å²) < 4.78 is 0. The van der Waals surface area contributed by atoms with Gasteiger partial charge in [0.05, 0.1) is 6.07 Å². The van der Waals surface area contributed by atoms with Gasteiger partial charge in [0.15, 0.2) is 0 Å². The normalized spacial score (nSPS) is 22.8. The van der Waals surface area contributed by atoms with E-state index in [2.05, 4.69) is 6.07 Å². The van der Waals surface area contributed by atoms with E-state index in [1.165, 1.54) is 205 Å². The Morgan fingerprint density at radius 3 is 0.429 bits per heavy atom. The predicted octanol–water partition coefficient (Wildman–Crippen LogP) is 15.8. The second-order valence-corrected chi connectivity index (χ2v) is 23.3. The van der Waals surface area contributed by atoms with E-state index in [-0.39, 0.29) is 0 Å². The van der Waals surface area contributed by atoms with Gasteiger partial charge in [0.1, 0.15) is 11.0 Å². The van der Waals surface area contributed by atoms with E-state index in [4.69, 9.17) is 0 Å². The van der Waals surface area contributed by atoms with Crippen molar-refractivity contribution in [2.45, 2.75) is 11.0 Å². The molecule has 63 heavy (non-hydrogen) atoms. The van der Waals surface area contributed by atoms with Gasteiger partial charge in [-0.15, -0.1) is 0 Å². The maximum absolute atomic E-state index is 15.3. The van der Waals surface area contributed by atoms with Gasteiger partial charge in [0.25, 0.3) is 0 Å². The fraction of sp³-hybridized carbons (Fsp3) is 0.0328. The van der Waals surface area contributed by atoms with Crippen LogP contribution in [0.15, 0.2) is 0 Å². The Kier molecular flexibility index (Phi) is 1.66. The SMILES string of the molecule is N#CC12c3c4c5c6c7c8c(c9c%10c1c1c3c3c%11c4c4c5c5c7c7c%12c8c8c9c9c%10c%10c1c1c3c3c%11c%11c4c4c5c7c5c7c%12c8c8c9c9c%10c1c1c3c3c%11c4c5c4c7c8c9c1c34)C62O. The molecule has 2 heteroatoms. The molecule has 0 saturated carbocycles. The van der Waals surface area contributed by atoms with Gasteiger partial charge >= 0.3 is 0 Å². The molecule has 1 N–H and O–H groups in total. The summed E-state index contributed by atoms with van der Waals surface area (Å²) >= 11 is 0. The second-order valence-electron chi connectivity index (χ2n) is 23.3. The molecule has 0 amide bonds. The minimum atomic E-state index is -1.51. The highest BCUT2D eigenvalue weighted by molar-refractivity contribution is 6.82. The summed E-state index contributed by atoms with van der Waals surface area (Å²) in [7, 11) is 0. The van der Waals surface area contributed by atoms with Crippen molar-refractivity contribution in [2.24, 2.45) is 0 Å². The van der Waals surface area contributed by atoms with E-state index in [9.17, 15) is 5.26 Å². The van der Waals surface area contributed by atoms with E-state index in [0.717, 1.165) is 11.1 Å². The van der Waals surface area contributed by atoms with Crippen LogP contribution in [0.3, 0.4) is 0 Å². The monoisotopic (exact) mass is 763 g/mol. The summed E-state index contributed by atoms with van der Waals surface area (Å²) in [6, 6.07) is 3.27. The van der Waals surface area contributed by atoms with Crippen LogP contribution in [-0.2, 0) is 11.0 Å². The lowest BCUT2D eigenvalue weighted by molar-refractivity contribution is 0.0432. The molecule has 0 saturated heterocycles. The van der Waals surface area contributed by atoms with Crippen molar-refractivity contribution in [3.63, 3.8) is 0 Å². The number of aliphatic hydroxyl groups is 1. The first-order valence-electron chi connectivity index (χ1n) is 23.2. The Hall–Kier alpha value is -8.09. The van der Waals surface area contributed by atoms with Crippen molar-refractivity contribution in [3.8, 4) is 6.07 Å². The third kappa shape index (κ3) is 1.07. The van der Waals surface area contributed by atoms with Crippen LogP contribution in [0.2, 0.25) is 0 Å². The topological polar surface area (TPSA) is 44.0 Å². The van der Waals surface area contributed by atoms with Gasteiger partial charge in [-0.05, 0) is 302 Å². The van der Waals surface area contributed by atoms with Crippen molar-refractivity contribution < 1.29 is 5.11 Å². The summed E-state index contributed by atoms with van der Waals surface area (Å²) in [5.74, 6) is 0. The Balaban J connectivity index is 1.32. The highest BCUT2D eigenvalue weighted by atomic mass is 16.3. The average molecular weight is 764 g/mol. The maximum Gasteiger partial charge on any atom is 0.147 e. The Morgan fingerprint density at radius 2 is 0.302 bits per heavy atom. The van der Waals surface area contributed by atoms with Gasteiger partial charge in [-0.2, -0.15) is 5.26 Å². The van der Waals surface area contributed by atoms with Gasteiger partial charge in [0, 0.05) is 11.1 Å². The number of hydrogen-bond donors (Lipinski definition) is 1. The van der Waals surface area contributed by atoms with E-state index in [1.807, 2.05) is 0 Å². The van der Waals surface area contributed by atoms with Gasteiger partial charge in [-0.3, -0.25) is 0 Å². The molecule has 0 aliphatic heterocycles. The highest BCUT2D eigenvalue weighted by Crippen LogP contribution is 2.84. The highest BCUT2D eigenvalue weighted by Gasteiger charge is 2.70. The molecule has 4 aliphatic carbocycles. The summed E-state index contributed by atoms with van der Waals surface area (Å²) in [5.41, 5.74) is 1.83. The van der Waals surface area contributed by atoms with Crippen molar-refractivity contribution in [2.75, 3.05) is 0 Å². The molecule has 32 rings (SSSR count). The third-order valence-corrected chi connectivity index (χ3v) is 23.4. The zero-order chi connectivity index (χ0) is 37.2. The average Bonchev–Trinajstić information content (AvgIpc) is 4.13. The van der Waals surface area contributed by atoms with Crippen LogP contribution in [0, 0.1) is 11.3 Å². The molecule has 0 bridgehead atoms. The van der Waals surface area contributed by atoms with E-state index < -0.39 is 11.0 Å². The molecular weight excluding hydrogens is 763 g/mol. The molecule has 0 heterocycles. The molecule has 256 valence electrons. The summed E-state index contributed by atoms with van der Waals surface area (Å²) in [4.78, 5) is 0. The number of nitrogens with zero attached hydrogens (tertiary/aromatic N) is 1. The lowest BCUT2D eigenvalue weighted by Crippen LogP contribution is -2.51. The van der Waals surface area contributed by atoms with Gasteiger partial charge in [-0.25, -0.2) is 0 Å². The van der Waals surface area contributed by atoms with Gasteiger partial charge < -0.3 is 5.11 Å². The first-order chi connectivity index (χ1) is 31.3. The standard InChI is InChI=1S/C61HNO/c62-1-60-56-48-40-30-20-12-4-2-3-6-10-8(4)16-24-18(10)28-22-14(6)15-7(3)11-9-5(2)13(12)21-27-17(9)25-19(11)29-23(15)33-32(22)44-38(28)46-36(24)42(34(40)26(16)20)50(56)52(46)58-54(44)55-45(33)39(29)47-37(25)43-35(27)41(31(21)30)49(48)57(60)51(43)53(47)59(55)61(58,60)63/h63H. The molecule has 28 aromatic rings. The molecular formula is C61HNO. The number of nitriles is 1. The van der Waals surface area contributed by atoms with Crippen molar-refractivity contribution in [1.82, 2.24) is 0 Å². The first-order valence-corrected chi connectivity index (χ1v) is 23.2. The zero-order valence-corrected chi connectivity index (χ0v) is 31.4. The van der Waals surface area contributed by atoms with E-state index in [1.54, 1.807) is 97.0 Å². The lowest BCUT2D eigenvalue weighted by atomic mass is 9.55. The third-order valence-electron chi connectivity index (χ3n) is 23.4. The predicted molar refractivity (Wildman–Crippen MR) is 262 cm³/mol. The van der Waals surface area contributed by atoms with Crippen LogP contribution < -0.4 is 0 Å². The number of hydrogen-bond acceptors (Lipinski definition) is 2. The molecule has 2 nitrogen and oxygen atoms in total. The minimum absolute atomic E-state index is 1.11. The summed E-state index contributed by atoms with van der Waals surface area (Å²) in [5, 5.41) is 109. The number of benzene rings is 18. The molecule has 0 atom stereocenters. The summed E-state index contributed by atoms with van der Waals surface area (Å²) in [6.07, 6.45) is 0. The van der Waals surface area contributed by atoms with E-state index >= 15 is 5.11 Å². The van der Waals surface area contributed by atoms with Crippen LogP contribution in [0.1, 0.15) is 22.3 Å². The van der Waals surface area contributed by atoms with Crippen LogP contribution in [0.4, 0.5) is 0 Å². The molecule has 0 unspecified atom stereocenters. The minimum Gasteiger partial charge on any atom is -0.378 e. The molecule has 0 fully saturated rings. The van der Waals surface area contributed by atoms with E-state index in [0.29, 0.717) is 0 Å². The molecule has 0 aromatic heterocycles. The fourth-order valence-electron chi connectivity index (χ4n) is 23.4. The smallest absolute Gasteiger partial charge is 0.147 e. The van der Waals surface area contributed by atoms with Crippen LogP contribution >= 0.6 is 0 Å². The molecule has 0 spiro atoms. The Morgan fingerprint density at radius 1 is 0.190 bits per heavy atom. The van der Waals surface area contributed by atoms with Gasteiger partial charge in [-0.1, -0.05) is 0 Å². The molecule has 0 radical (unpaired) electrons.